The van der Waals surface area contributed by atoms with Gasteiger partial charge in [0.25, 0.3) is 0 Å². The number of rotatable bonds is 5. The number of hydrogen-bond donors (Lipinski definition) is 3. The van der Waals surface area contributed by atoms with Crippen LogP contribution in [0.1, 0.15) is 6.42 Å². The number of anilines is 2. The van der Waals surface area contributed by atoms with Crippen molar-refractivity contribution >= 4 is 52.4 Å². The third-order valence-electron chi connectivity index (χ3n) is 4.52. The highest BCUT2D eigenvalue weighted by atomic mass is 35.5. The maximum absolute atomic E-state index is 12.8. The number of amides is 4. The molecule has 0 bridgehead atoms. The fraction of sp³-hybridized carbons (Fsp3) is 0.250. The minimum atomic E-state index is -0.962. The van der Waals surface area contributed by atoms with Crippen LogP contribution in [0, 0.1) is 0 Å². The molecule has 10 heteroatoms. The minimum Gasteiger partial charge on any atom is -0.495 e. The lowest BCUT2D eigenvalue weighted by molar-refractivity contribution is -0.130. The van der Waals surface area contributed by atoms with Crippen molar-refractivity contribution in [2.24, 2.45) is 0 Å². The van der Waals surface area contributed by atoms with Crippen LogP contribution in [0.25, 0.3) is 0 Å². The zero-order chi connectivity index (χ0) is 21.7. The summed E-state index contributed by atoms with van der Waals surface area (Å²) in [5, 5.41) is 8.74. The highest BCUT2D eigenvalue weighted by Gasteiger charge is 2.35. The molecule has 1 heterocycles. The molecular weight excluding hydrogens is 431 g/mol. The van der Waals surface area contributed by atoms with Gasteiger partial charge in [0.05, 0.1) is 29.3 Å². The number of nitrogens with zero attached hydrogens (tertiary/aromatic N) is 1. The molecule has 3 N–H and O–H groups in total. The maximum Gasteiger partial charge on any atom is 0.322 e. The zero-order valence-electron chi connectivity index (χ0n) is 16.1. The van der Waals surface area contributed by atoms with Gasteiger partial charge in [-0.2, -0.15) is 0 Å². The lowest BCUT2D eigenvalue weighted by atomic mass is 10.1. The Labute approximate surface area is 183 Å². The minimum absolute atomic E-state index is 0.210. The summed E-state index contributed by atoms with van der Waals surface area (Å²) in [7, 11) is 1.49. The summed E-state index contributed by atoms with van der Waals surface area (Å²) in [4.78, 5) is 39.1. The molecule has 8 nitrogen and oxygen atoms in total. The predicted molar refractivity (Wildman–Crippen MR) is 115 cm³/mol. The summed E-state index contributed by atoms with van der Waals surface area (Å²) in [5.41, 5.74) is 0.908. The lowest BCUT2D eigenvalue weighted by Crippen LogP contribution is -2.59. The van der Waals surface area contributed by atoms with E-state index in [9.17, 15) is 14.4 Å². The second-order valence-corrected chi connectivity index (χ2v) is 7.33. The van der Waals surface area contributed by atoms with Gasteiger partial charge in [0.1, 0.15) is 11.8 Å². The summed E-state index contributed by atoms with van der Waals surface area (Å²) in [6, 6.07) is 10.1. The van der Waals surface area contributed by atoms with E-state index in [-0.39, 0.29) is 19.5 Å². The lowest BCUT2D eigenvalue weighted by Gasteiger charge is -2.34. The van der Waals surface area contributed by atoms with Crippen molar-refractivity contribution in [1.82, 2.24) is 10.2 Å². The first-order valence-corrected chi connectivity index (χ1v) is 9.88. The second kappa shape index (κ2) is 9.69. The molecule has 0 radical (unpaired) electrons. The molecular formula is C20H20Cl2N4O4. The van der Waals surface area contributed by atoms with Crippen molar-refractivity contribution in [3.63, 3.8) is 0 Å². The Balaban J connectivity index is 1.70. The van der Waals surface area contributed by atoms with Gasteiger partial charge in [0.15, 0.2) is 0 Å². The van der Waals surface area contributed by atoms with Crippen molar-refractivity contribution in [3.8, 4) is 5.75 Å². The molecule has 1 saturated heterocycles. The van der Waals surface area contributed by atoms with E-state index in [0.717, 1.165) is 0 Å². The molecule has 1 aliphatic heterocycles. The van der Waals surface area contributed by atoms with Gasteiger partial charge >= 0.3 is 6.03 Å². The summed E-state index contributed by atoms with van der Waals surface area (Å²) in [6.07, 6.45) is -0.210. The van der Waals surface area contributed by atoms with Gasteiger partial charge in [-0.15, -0.1) is 0 Å². The number of hydrogen-bond acceptors (Lipinski definition) is 4. The van der Waals surface area contributed by atoms with Crippen molar-refractivity contribution < 1.29 is 19.1 Å². The fourth-order valence-electron chi connectivity index (χ4n) is 3.05. The molecule has 30 heavy (non-hydrogen) atoms. The molecule has 1 aliphatic rings. The van der Waals surface area contributed by atoms with Gasteiger partial charge in [-0.25, -0.2) is 4.79 Å². The van der Waals surface area contributed by atoms with Crippen molar-refractivity contribution in [2.75, 3.05) is 30.8 Å². The average Bonchev–Trinajstić information content (AvgIpc) is 2.72. The first-order chi connectivity index (χ1) is 14.4. The van der Waals surface area contributed by atoms with Crippen LogP contribution in [0.5, 0.6) is 5.75 Å². The predicted octanol–water partition coefficient (Wildman–Crippen LogP) is 3.36. The maximum atomic E-state index is 12.8. The zero-order valence-corrected chi connectivity index (χ0v) is 17.6. The largest absolute Gasteiger partial charge is 0.495 e. The fourth-order valence-corrected chi connectivity index (χ4v) is 3.35. The number of piperazine rings is 1. The molecule has 3 rings (SSSR count). The summed E-state index contributed by atoms with van der Waals surface area (Å²) in [6.45, 7) is 0.545. The smallest absolute Gasteiger partial charge is 0.322 e. The molecule has 4 amide bonds. The number of methoxy groups -OCH3 is 1. The van der Waals surface area contributed by atoms with Gasteiger partial charge in [-0.3, -0.25) is 9.59 Å². The SMILES string of the molecule is COc1ccccc1NC(=O)C[C@@H]1C(=O)NCCN1C(=O)Nc1ccc(Cl)c(Cl)c1. The standard InChI is InChI=1S/C20H20Cl2N4O4/c1-30-17-5-3-2-4-15(17)25-18(27)11-16-19(28)23-8-9-26(16)20(29)24-12-6-7-13(21)14(22)10-12/h2-7,10,16H,8-9,11H2,1H3,(H,23,28)(H,24,29)(H,25,27)/t16-/m1/s1. The van der Waals surface area contributed by atoms with Gasteiger partial charge in [0.2, 0.25) is 11.8 Å². The van der Waals surface area contributed by atoms with Crippen LogP contribution in [0.15, 0.2) is 42.5 Å². The Morgan fingerprint density at radius 1 is 1.17 bits per heavy atom. The van der Waals surface area contributed by atoms with Crippen LogP contribution >= 0.6 is 23.2 Å². The molecule has 0 saturated carbocycles. The van der Waals surface area contributed by atoms with E-state index >= 15 is 0 Å². The van der Waals surface area contributed by atoms with Crippen molar-refractivity contribution in [2.45, 2.75) is 12.5 Å². The van der Waals surface area contributed by atoms with Gasteiger partial charge in [-0.05, 0) is 30.3 Å². The summed E-state index contributed by atoms with van der Waals surface area (Å²) >= 11 is 11.9. The number of carbonyl (C=O) groups is 3. The Morgan fingerprint density at radius 3 is 2.67 bits per heavy atom. The van der Waals surface area contributed by atoms with Crippen LogP contribution < -0.4 is 20.7 Å². The Kier molecular flexibility index (Phi) is 7.02. The molecule has 1 fully saturated rings. The molecule has 2 aromatic carbocycles. The van der Waals surface area contributed by atoms with Crippen molar-refractivity contribution in [3.05, 3.63) is 52.5 Å². The number of benzene rings is 2. The van der Waals surface area contributed by atoms with Gasteiger partial charge < -0.3 is 25.6 Å². The van der Waals surface area contributed by atoms with Crippen LogP contribution in [-0.2, 0) is 9.59 Å². The van der Waals surface area contributed by atoms with E-state index in [2.05, 4.69) is 16.0 Å². The number of urea groups is 1. The van der Waals surface area contributed by atoms with E-state index in [1.165, 1.54) is 18.1 Å². The highest BCUT2D eigenvalue weighted by Crippen LogP contribution is 2.26. The normalized spacial score (nSPS) is 15.9. The number of carbonyl (C=O) groups excluding carboxylic acids is 3. The van der Waals surface area contributed by atoms with E-state index in [1.54, 1.807) is 36.4 Å². The molecule has 2 aromatic rings. The topological polar surface area (TPSA) is 99.8 Å². The monoisotopic (exact) mass is 450 g/mol. The van der Waals surface area contributed by atoms with Crippen molar-refractivity contribution in [1.29, 1.82) is 0 Å². The van der Waals surface area contributed by atoms with E-state index in [0.29, 0.717) is 27.2 Å². The molecule has 0 aromatic heterocycles. The molecule has 1 atom stereocenters. The number of nitrogens with one attached hydrogen (secondary N) is 3. The molecule has 0 unspecified atom stereocenters. The molecule has 0 aliphatic carbocycles. The van der Waals surface area contributed by atoms with Crippen LogP contribution in [-0.4, -0.2) is 49.0 Å². The second-order valence-electron chi connectivity index (χ2n) is 6.51. The van der Waals surface area contributed by atoms with Crippen LogP contribution in [0.4, 0.5) is 16.2 Å². The number of halogens is 2. The van der Waals surface area contributed by atoms with E-state index in [1.807, 2.05) is 0 Å². The first-order valence-electron chi connectivity index (χ1n) is 9.12. The van der Waals surface area contributed by atoms with E-state index in [4.69, 9.17) is 27.9 Å². The number of para-hydroxylation sites is 2. The first kappa shape index (κ1) is 21.7. The quantitative estimate of drug-likeness (QED) is 0.649. The Morgan fingerprint density at radius 2 is 1.93 bits per heavy atom. The van der Waals surface area contributed by atoms with Gasteiger partial charge in [-0.1, -0.05) is 35.3 Å². The Hall–Kier alpha value is -2.97. The van der Waals surface area contributed by atoms with Gasteiger partial charge in [0, 0.05) is 18.8 Å². The van der Waals surface area contributed by atoms with Crippen LogP contribution in [0.2, 0.25) is 10.0 Å². The molecule has 158 valence electrons. The van der Waals surface area contributed by atoms with Crippen LogP contribution in [0.3, 0.4) is 0 Å². The third-order valence-corrected chi connectivity index (χ3v) is 5.26. The average molecular weight is 451 g/mol. The summed E-state index contributed by atoms with van der Waals surface area (Å²) in [5.74, 6) is -0.331. The molecule has 0 spiro atoms. The summed E-state index contributed by atoms with van der Waals surface area (Å²) < 4.78 is 5.21. The van der Waals surface area contributed by atoms with E-state index < -0.39 is 23.9 Å². The third kappa shape index (κ3) is 5.14. The number of ether oxygens (including phenoxy) is 1. The Bertz CT molecular complexity index is 970. The highest BCUT2D eigenvalue weighted by molar-refractivity contribution is 6.42.